The third-order valence-electron chi connectivity index (χ3n) is 3.05. The smallest absolute Gasteiger partial charge is 0.123 e. The van der Waals surface area contributed by atoms with Crippen LogP contribution in [0.4, 0.5) is 11.4 Å². The molecule has 0 aliphatic heterocycles. The highest BCUT2D eigenvalue weighted by molar-refractivity contribution is 5.85. The molecule has 0 saturated heterocycles. The number of ether oxygens (including phenoxy) is 2. The molecule has 0 aromatic heterocycles. The zero-order valence-electron chi connectivity index (χ0n) is 13.8. The molecule has 2 aromatic rings. The van der Waals surface area contributed by atoms with Gasteiger partial charge in [-0.05, 0) is 36.4 Å². The van der Waals surface area contributed by atoms with Crippen LogP contribution in [0.1, 0.15) is 11.1 Å². The molecule has 0 unspecified atom stereocenters. The molecule has 0 bridgehead atoms. The highest BCUT2D eigenvalue weighted by Crippen LogP contribution is 2.20. The third-order valence-corrected chi connectivity index (χ3v) is 3.05. The van der Waals surface area contributed by atoms with Crippen LogP contribution in [0.2, 0.25) is 0 Å². The number of anilines is 2. The first kappa shape index (κ1) is 24.4. The summed E-state index contributed by atoms with van der Waals surface area (Å²) in [7, 11) is 3.23. The van der Waals surface area contributed by atoms with Crippen molar-refractivity contribution >= 4 is 36.2 Å². The van der Waals surface area contributed by atoms with Gasteiger partial charge >= 0.3 is 0 Å². The Labute approximate surface area is 155 Å². The molecule has 0 aliphatic rings. The summed E-state index contributed by atoms with van der Waals surface area (Å²) in [5.41, 5.74) is 25.3. The molecule has 8 N–H and O–H groups in total. The minimum absolute atomic E-state index is 0. The summed E-state index contributed by atoms with van der Waals surface area (Å²) in [6.45, 7) is 0.905. The Balaban J connectivity index is 0. The Hall–Kier alpha value is -1.86. The molecule has 8 heteroatoms. The van der Waals surface area contributed by atoms with E-state index in [-0.39, 0.29) is 24.8 Å². The summed E-state index contributed by atoms with van der Waals surface area (Å²) in [6, 6.07) is 10.8. The fourth-order valence-electron chi connectivity index (χ4n) is 1.92. The van der Waals surface area contributed by atoms with E-state index in [9.17, 15) is 0 Å². The quantitative estimate of drug-likeness (QED) is 0.607. The number of rotatable bonds is 4. The van der Waals surface area contributed by atoms with Gasteiger partial charge in [0.05, 0.1) is 14.2 Å². The van der Waals surface area contributed by atoms with Crippen LogP contribution in [0, 0.1) is 0 Å². The second kappa shape index (κ2) is 12.5. The van der Waals surface area contributed by atoms with Crippen molar-refractivity contribution in [2.45, 2.75) is 13.1 Å². The second-order valence-electron chi connectivity index (χ2n) is 4.55. The summed E-state index contributed by atoms with van der Waals surface area (Å²) in [6.07, 6.45) is 0. The van der Waals surface area contributed by atoms with Gasteiger partial charge in [0.25, 0.3) is 0 Å². The predicted molar refractivity (Wildman–Crippen MR) is 105 cm³/mol. The van der Waals surface area contributed by atoms with Crippen molar-refractivity contribution in [2.75, 3.05) is 25.7 Å². The maximum atomic E-state index is 5.55. The van der Waals surface area contributed by atoms with E-state index in [1.807, 2.05) is 24.3 Å². The van der Waals surface area contributed by atoms with E-state index in [1.165, 1.54) is 0 Å². The normalized spacial score (nSPS) is 8.83. The topological polar surface area (TPSA) is 123 Å². The van der Waals surface area contributed by atoms with Gasteiger partial charge in [-0.3, -0.25) is 0 Å². The zero-order valence-corrected chi connectivity index (χ0v) is 15.5. The van der Waals surface area contributed by atoms with Gasteiger partial charge < -0.3 is 32.4 Å². The van der Waals surface area contributed by atoms with Gasteiger partial charge in [-0.25, -0.2) is 0 Å². The molecule has 6 nitrogen and oxygen atoms in total. The number of methoxy groups -OCH3 is 2. The fourth-order valence-corrected chi connectivity index (χ4v) is 1.92. The van der Waals surface area contributed by atoms with Gasteiger partial charge in [0.1, 0.15) is 11.5 Å². The minimum Gasteiger partial charge on any atom is -0.496 e. The van der Waals surface area contributed by atoms with Crippen LogP contribution in [0.25, 0.3) is 0 Å². The van der Waals surface area contributed by atoms with Crippen molar-refractivity contribution in [3.8, 4) is 11.5 Å². The number of nitrogens with two attached hydrogens (primary N) is 4. The van der Waals surface area contributed by atoms with Crippen LogP contribution < -0.4 is 32.4 Å². The molecule has 136 valence electrons. The van der Waals surface area contributed by atoms with Gasteiger partial charge in [0.2, 0.25) is 0 Å². The molecule has 0 radical (unpaired) electrons. The molecule has 0 fully saturated rings. The Morgan fingerprint density at radius 2 is 1.04 bits per heavy atom. The van der Waals surface area contributed by atoms with Crippen LogP contribution in [-0.4, -0.2) is 14.2 Å². The standard InChI is InChI=1S/2C8H12N2O.2ClH/c2*1-11-8-3-2-7(10)4-6(8)5-9;;/h2*2-4H,5,9-10H2,1H3;2*1H. The summed E-state index contributed by atoms with van der Waals surface area (Å²) in [5.74, 6) is 1.59. The van der Waals surface area contributed by atoms with Crippen LogP contribution in [0.3, 0.4) is 0 Å². The van der Waals surface area contributed by atoms with E-state index >= 15 is 0 Å². The second-order valence-corrected chi connectivity index (χ2v) is 4.55. The van der Waals surface area contributed by atoms with Crippen molar-refractivity contribution < 1.29 is 9.47 Å². The van der Waals surface area contributed by atoms with Gasteiger partial charge in [-0.15, -0.1) is 24.8 Å². The first-order chi connectivity index (χ1) is 10.5. The van der Waals surface area contributed by atoms with Crippen LogP contribution in [0.5, 0.6) is 11.5 Å². The molecule has 2 rings (SSSR count). The lowest BCUT2D eigenvalue weighted by Crippen LogP contribution is -2.00. The Morgan fingerprint density at radius 3 is 1.29 bits per heavy atom. The number of nitrogen functional groups attached to an aromatic ring is 2. The largest absolute Gasteiger partial charge is 0.496 e. The molecule has 0 heterocycles. The minimum atomic E-state index is 0. The number of halogens is 2. The van der Waals surface area contributed by atoms with Crippen LogP contribution >= 0.6 is 24.8 Å². The lowest BCUT2D eigenvalue weighted by molar-refractivity contribution is 0.410. The van der Waals surface area contributed by atoms with Crippen LogP contribution in [0.15, 0.2) is 36.4 Å². The van der Waals surface area contributed by atoms with Crippen molar-refractivity contribution in [3.05, 3.63) is 47.5 Å². The molecule has 0 atom stereocenters. The molecule has 0 saturated carbocycles. The Kier molecular flexibility index (Phi) is 12.8. The average Bonchev–Trinajstić information content (AvgIpc) is 2.55. The lowest BCUT2D eigenvalue weighted by atomic mass is 10.2. The summed E-state index contributed by atoms with van der Waals surface area (Å²) >= 11 is 0. The first-order valence-electron chi connectivity index (χ1n) is 6.80. The molecule has 2 aromatic carbocycles. The summed E-state index contributed by atoms with van der Waals surface area (Å²) in [5, 5.41) is 0. The highest BCUT2D eigenvalue weighted by Gasteiger charge is 2.00. The van der Waals surface area contributed by atoms with Crippen molar-refractivity contribution in [3.63, 3.8) is 0 Å². The Morgan fingerprint density at radius 1 is 0.708 bits per heavy atom. The Bertz CT molecular complexity index is 559. The monoisotopic (exact) mass is 376 g/mol. The van der Waals surface area contributed by atoms with Crippen LogP contribution in [-0.2, 0) is 13.1 Å². The molecular formula is C16H26Cl2N4O2. The van der Waals surface area contributed by atoms with E-state index < -0.39 is 0 Å². The lowest BCUT2D eigenvalue weighted by Gasteiger charge is -2.06. The maximum absolute atomic E-state index is 5.55. The summed E-state index contributed by atoms with van der Waals surface area (Å²) < 4.78 is 10.1. The number of benzene rings is 2. The number of hydrogen-bond acceptors (Lipinski definition) is 6. The van der Waals surface area contributed by atoms with E-state index in [2.05, 4.69) is 0 Å². The van der Waals surface area contributed by atoms with Crippen molar-refractivity contribution in [1.29, 1.82) is 0 Å². The van der Waals surface area contributed by atoms with Gasteiger partial charge in [0, 0.05) is 35.6 Å². The molecule has 0 spiro atoms. The van der Waals surface area contributed by atoms with Gasteiger partial charge in [-0.2, -0.15) is 0 Å². The maximum Gasteiger partial charge on any atom is 0.123 e. The van der Waals surface area contributed by atoms with E-state index in [0.717, 1.165) is 22.6 Å². The number of hydrogen-bond donors (Lipinski definition) is 4. The molecule has 24 heavy (non-hydrogen) atoms. The SMILES string of the molecule is COc1ccc(N)cc1CN.COc1ccc(N)cc1CN.Cl.Cl. The fraction of sp³-hybridized carbons (Fsp3) is 0.250. The predicted octanol–water partition coefficient (Wildman–Crippen LogP) is 2.32. The summed E-state index contributed by atoms with van der Waals surface area (Å²) in [4.78, 5) is 0. The van der Waals surface area contributed by atoms with E-state index in [0.29, 0.717) is 24.5 Å². The zero-order chi connectivity index (χ0) is 16.5. The van der Waals surface area contributed by atoms with E-state index in [4.69, 9.17) is 32.4 Å². The van der Waals surface area contributed by atoms with Crippen molar-refractivity contribution in [2.24, 2.45) is 11.5 Å². The van der Waals surface area contributed by atoms with Gasteiger partial charge in [0.15, 0.2) is 0 Å². The molecule has 0 amide bonds. The van der Waals surface area contributed by atoms with E-state index in [1.54, 1.807) is 26.4 Å². The molecular weight excluding hydrogens is 351 g/mol. The molecule has 0 aliphatic carbocycles. The third kappa shape index (κ3) is 7.14. The highest BCUT2D eigenvalue weighted by atomic mass is 35.5. The average molecular weight is 377 g/mol. The first-order valence-corrected chi connectivity index (χ1v) is 6.80. The van der Waals surface area contributed by atoms with Crippen molar-refractivity contribution in [1.82, 2.24) is 0 Å². The van der Waals surface area contributed by atoms with Gasteiger partial charge in [-0.1, -0.05) is 0 Å².